The van der Waals surface area contributed by atoms with E-state index < -0.39 is 0 Å². The zero-order chi connectivity index (χ0) is 46.9. The first-order valence-electron chi connectivity index (χ1n) is 25.2. The molecule has 5 heteroatoms. The molecule has 0 saturated heterocycles. The summed E-state index contributed by atoms with van der Waals surface area (Å²) in [5.74, 6) is 1.45. The first kappa shape index (κ1) is 43.1. The van der Waals surface area contributed by atoms with Crippen LogP contribution >= 0.6 is 11.3 Å². The van der Waals surface area contributed by atoms with Crippen molar-refractivity contribution in [1.82, 2.24) is 0 Å². The van der Waals surface area contributed by atoms with Crippen molar-refractivity contribution in [2.45, 2.75) is 149 Å². The van der Waals surface area contributed by atoms with Gasteiger partial charge in [0.1, 0.15) is 11.3 Å². The highest BCUT2D eigenvalue weighted by atomic mass is 32.1. The Bertz CT molecular complexity index is 3290. The van der Waals surface area contributed by atoms with Gasteiger partial charge in [-0.2, -0.15) is 0 Å². The Labute approximate surface area is 404 Å². The molecule has 2 aliphatic carbocycles. The van der Waals surface area contributed by atoms with Crippen molar-refractivity contribution >= 4 is 94.4 Å². The highest BCUT2D eigenvalue weighted by Crippen LogP contribution is 2.64. The van der Waals surface area contributed by atoms with Gasteiger partial charge in [-0.3, -0.25) is 0 Å². The lowest BCUT2D eigenvalue weighted by atomic mass is 9.33. The van der Waals surface area contributed by atoms with E-state index in [9.17, 15) is 0 Å². The molecule has 3 aliphatic heterocycles. The molecular weight excluding hydrogens is 832 g/mol. The predicted molar refractivity (Wildman–Crippen MR) is 291 cm³/mol. The molecule has 5 aliphatic rings. The molecule has 1 saturated carbocycles. The number of allylic oxidation sites excluding steroid dienone is 4. The minimum absolute atomic E-state index is 0.0173. The average molecular weight is 899 g/mol. The van der Waals surface area contributed by atoms with Crippen LogP contribution in [-0.4, -0.2) is 12.3 Å². The molecule has 0 amide bonds. The van der Waals surface area contributed by atoms with E-state index in [1.807, 2.05) is 11.3 Å². The van der Waals surface area contributed by atoms with Crippen LogP contribution in [0.25, 0.3) is 32.2 Å². The third-order valence-electron chi connectivity index (χ3n) is 17.0. The number of fused-ring (bicyclic) bond motifs is 11. The summed E-state index contributed by atoms with van der Waals surface area (Å²) in [5, 5.41) is 3.97. The third-order valence-corrected chi connectivity index (χ3v) is 18.2. The van der Waals surface area contributed by atoms with Crippen LogP contribution in [0, 0.1) is 12.8 Å². The van der Waals surface area contributed by atoms with Gasteiger partial charge in [-0.1, -0.05) is 156 Å². The van der Waals surface area contributed by atoms with Crippen LogP contribution in [0.1, 0.15) is 154 Å². The largest absolute Gasteiger partial charge is 0.456 e. The number of aryl methyl sites for hydroxylation is 1. The molecule has 0 bridgehead atoms. The smallest absolute Gasteiger partial charge is 0.254 e. The molecule has 3 atom stereocenters. The van der Waals surface area contributed by atoms with E-state index in [0.29, 0.717) is 5.92 Å². The van der Waals surface area contributed by atoms with Gasteiger partial charge in [-0.15, -0.1) is 11.3 Å². The number of hydrogen-bond donors (Lipinski definition) is 0. The van der Waals surface area contributed by atoms with Gasteiger partial charge in [-0.25, -0.2) is 0 Å². The lowest BCUT2D eigenvalue weighted by Crippen LogP contribution is -2.64. The quantitative estimate of drug-likeness (QED) is 0.165. The molecule has 12 rings (SSSR count). The Morgan fingerprint density at radius 1 is 0.701 bits per heavy atom. The van der Waals surface area contributed by atoms with Crippen LogP contribution in [0.5, 0.6) is 0 Å². The van der Waals surface area contributed by atoms with E-state index in [1.165, 1.54) is 117 Å². The summed E-state index contributed by atoms with van der Waals surface area (Å²) in [6.07, 6.45) is 10.7. The lowest BCUT2D eigenvalue weighted by molar-refractivity contribution is 0.195. The van der Waals surface area contributed by atoms with Gasteiger partial charge in [-0.05, 0) is 147 Å². The highest BCUT2D eigenvalue weighted by Gasteiger charge is 2.63. The van der Waals surface area contributed by atoms with E-state index in [1.54, 1.807) is 0 Å². The van der Waals surface area contributed by atoms with Gasteiger partial charge < -0.3 is 14.2 Å². The fraction of sp³-hybridized carbons (Fsp3) is 0.387. The average Bonchev–Trinajstić information content (AvgIpc) is 3.93. The first-order valence-corrected chi connectivity index (χ1v) is 26.0. The van der Waals surface area contributed by atoms with Gasteiger partial charge in [0.05, 0.1) is 10.5 Å². The molecule has 340 valence electrons. The van der Waals surface area contributed by atoms with E-state index in [0.717, 1.165) is 30.6 Å². The van der Waals surface area contributed by atoms with Crippen LogP contribution in [0.15, 0.2) is 108 Å². The second-order valence-electron chi connectivity index (χ2n) is 24.7. The third kappa shape index (κ3) is 6.14. The number of thiophene rings is 1. The summed E-state index contributed by atoms with van der Waals surface area (Å²) in [7, 11) is 0. The first-order chi connectivity index (χ1) is 31.7. The van der Waals surface area contributed by atoms with Gasteiger partial charge in [0.25, 0.3) is 6.71 Å². The van der Waals surface area contributed by atoms with Gasteiger partial charge >= 0.3 is 0 Å². The predicted octanol–water partition coefficient (Wildman–Crippen LogP) is 15.7. The molecular formula is C62H67BN2OS. The van der Waals surface area contributed by atoms with E-state index in [-0.39, 0.29) is 33.9 Å². The Morgan fingerprint density at radius 3 is 2.03 bits per heavy atom. The molecule has 67 heavy (non-hydrogen) atoms. The molecule has 3 nitrogen and oxygen atoms in total. The summed E-state index contributed by atoms with van der Waals surface area (Å²) in [6, 6.07) is 36.2. The second-order valence-corrected chi connectivity index (χ2v) is 25.7. The maximum atomic E-state index is 7.51. The standard InChI is InChI=1S/C62H67BN2OS/c1-36-16-26-44(45(30-36)38-17-19-40(20-18-38)58(3,4)5)50-34-39-33-47-55-52(56(39)66-50)61(12)28-14-15-29-62(61,13)65(55)49-32-37(2)31-48-54(49)63(47)53-46-35-42(60(9,10)11)23-27-51(46)67-57(53)64(48)43-24-21-41(22-25-43)59(6,7)8/h17-27,30-36H,14-16,28-29H2,1-13H3. The molecule has 0 N–H and O–H groups in total. The van der Waals surface area contributed by atoms with Crippen molar-refractivity contribution in [2.24, 2.45) is 5.92 Å². The maximum Gasteiger partial charge on any atom is 0.254 e. The summed E-state index contributed by atoms with van der Waals surface area (Å²) in [4.78, 5) is 5.51. The van der Waals surface area contributed by atoms with Crippen LogP contribution in [0.2, 0.25) is 0 Å². The van der Waals surface area contributed by atoms with E-state index >= 15 is 0 Å². The van der Waals surface area contributed by atoms with Gasteiger partial charge in [0.15, 0.2) is 0 Å². The van der Waals surface area contributed by atoms with Crippen molar-refractivity contribution in [1.29, 1.82) is 0 Å². The van der Waals surface area contributed by atoms with E-state index in [2.05, 4.69) is 203 Å². The number of benzene rings is 5. The summed E-state index contributed by atoms with van der Waals surface area (Å²) < 4.78 is 8.86. The fourth-order valence-corrected chi connectivity index (χ4v) is 14.3. The Balaban J connectivity index is 1.14. The monoisotopic (exact) mass is 899 g/mol. The van der Waals surface area contributed by atoms with Crippen molar-refractivity contribution in [2.75, 3.05) is 9.80 Å². The van der Waals surface area contributed by atoms with Crippen molar-refractivity contribution in [3.8, 4) is 0 Å². The van der Waals surface area contributed by atoms with Crippen LogP contribution in [0.4, 0.5) is 27.8 Å². The number of nitrogens with zero attached hydrogens (tertiary/aromatic N) is 2. The van der Waals surface area contributed by atoms with E-state index in [4.69, 9.17) is 4.42 Å². The molecule has 7 aromatic rings. The summed E-state index contributed by atoms with van der Waals surface area (Å²) in [5.41, 5.74) is 21.3. The number of furan rings is 1. The molecule has 1 fully saturated rings. The second kappa shape index (κ2) is 14.2. The van der Waals surface area contributed by atoms with Crippen molar-refractivity contribution in [3.63, 3.8) is 0 Å². The SMILES string of the molecule is Cc1cc2c3c(c1)N1c4c(cc5cc(C6=CCC(C)C=C6c6ccc(C(C)(C)C)cc6)oc5c4C4(C)CCCCC14C)B3c1c(sc3ccc(C(C)(C)C)cc13)N2c1ccc(C(C)(C)C)cc1. The molecule has 5 aromatic carbocycles. The fourth-order valence-electron chi connectivity index (χ4n) is 13.0. The zero-order valence-corrected chi connectivity index (χ0v) is 43.0. The molecule has 0 radical (unpaired) electrons. The van der Waals surface area contributed by atoms with Crippen molar-refractivity contribution in [3.05, 3.63) is 142 Å². The minimum atomic E-state index is -0.134. The van der Waals surface area contributed by atoms with Crippen LogP contribution < -0.4 is 26.2 Å². The number of hydrogen-bond acceptors (Lipinski definition) is 4. The zero-order valence-electron chi connectivity index (χ0n) is 42.2. The Kier molecular flexibility index (Phi) is 9.10. The van der Waals surface area contributed by atoms with Crippen molar-refractivity contribution < 1.29 is 4.42 Å². The molecule has 3 unspecified atom stereocenters. The molecule has 5 heterocycles. The summed E-state index contributed by atoms with van der Waals surface area (Å²) >= 11 is 1.97. The Morgan fingerprint density at radius 2 is 1.34 bits per heavy atom. The number of anilines is 5. The summed E-state index contributed by atoms with van der Waals surface area (Å²) in [6.45, 7) is 30.8. The number of rotatable bonds is 3. The lowest BCUT2D eigenvalue weighted by Gasteiger charge is -2.52. The van der Waals surface area contributed by atoms with Crippen LogP contribution in [-0.2, 0) is 21.7 Å². The van der Waals surface area contributed by atoms with Crippen LogP contribution in [0.3, 0.4) is 0 Å². The normalized spacial score (nSPS) is 22.2. The van der Waals surface area contributed by atoms with Gasteiger partial charge in [0, 0.05) is 49.4 Å². The molecule has 2 aromatic heterocycles. The maximum absolute atomic E-state index is 7.51. The Hall–Kier alpha value is -5.26. The molecule has 0 spiro atoms. The van der Waals surface area contributed by atoms with Gasteiger partial charge in [0.2, 0.25) is 0 Å². The highest BCUT2D eigenvalue weighted by molar-refractivity contribution is 7.26. The minimum Gasteiger partial charge on any atom is -0.456 e. The topological polar surface area (TPSA) is 19.6 Å².